The number of nitrogens with zero attached hydrogens (tertiary/aromatic N) is 1. The van der Waals surface area contributed by atoms with Crippen LogP contribution in [0.2, 0.25) is 0 Å². The molecule has 1 atom stereocenters. The first-order valence-electron chi connectivity index (χ1n) is 10.1. The number of nitrogens with one attached hydrogen (secondary N) is 1. The summed E-state index contributed by atoms with van der Waals surface area (Å²) in [7, 11) is 0. The summed E-state index contributed by atoms with van der Waals surface area (Å²) in [6.07, 6.45) is 2.48. The SMILES string of the molecule is CCN(CC)CCCC(C)NCc1cc2ccccc2c2ccccc12. The quantitative estimate of drug-likeness (QED) is 0.507. The van der Waals surface area contributed by atoms with Crippen LogP contribution in [0.5, 0.6) is 0 Å². The van der Waals surface area contributed by atoms with Crippen molar-refractivity contribution in [1.29, 1.82) is 0 Å². The van der Waals surface area contributed by atoms with Crippen LogP contribution in [0.4, 0.5) is 0 Å². The molecule has 1 N–H and O–H groups in total. The Hall–Kier alpha value is -1.90. The molecular weight excluding hydrogens is 316 g/mol. The third-order valence-electron chi connectivity index (χ3n) is 5.50. The van der Waals surface area contributed by atoms with Crippen LogP contribution in [0.3, 0.4) is 0 Å². The second-order valence-corrected chi connectivity index (χ2v) is 7.25. The second kappa shape index (κ2) is 9.16. The van der Waals surface area contributed by atoms with Gasteiger partial charge in [-0.15, -0.1) is 0 Å². The van der Waals surface area contributed by atoms with Crippen LogP contribution in [0.25, 0.3) is 21.5 Å². The highest BCUT2D eigenvalue weighted by Crippen LogP contribution is 2.28. The van der Waals surface area contributed by atoms with Gasteiger partial charge in [-0.3, -0.25) is 0 Å². The molecule has 1 unspecified atom stereocenters. The van der Waals surface area contributed by atoms with Crippen molar-refractivity contribution in [2.24, 2.45) is 0 Å². The Labute approximate surface area is 158 Å². The van der Waals surface area contributed by atoms with Crippen LogP contribution in [0.1, 0.15) is 39.2 Å². The van der Waals surface area contributed by atoms with Gasteiger partial charge in [0.1, 0.15) is 0 Å². The highest BCUT2D eigenvalue weighted by molar-refractivity contribution is 6.08. The van der Waals surface area contributed by atoms with Gasteiger partial charge in [-0.1, -0.05) is 62.4 Å². The fourth-order valence-corrected chi connectivity index (χ4v) is 3.83. The molecule has 0 saturated heterocycles. The maximum absolute atomic E-state index is 3.75. The first-order valence-corrected chi connectivity index (χ1v) is 10.1. The zero-order valence-corrected chi connectivity index (χ0v) is 16.5. The van der Waals surface area contributed by atoms with E-state index >= 15 is 0 Å². The van der Waals surface area contributed by atoms with Gasteiger partial charge >= 0.3 is 0 Å². The highest BCUT2D eigenvalue weighted by Gasteiger charge is 2.08. The fourth-order valence-electron chi connectivity index (χ4n) is 3.83. The Morgan fingerprint density at radius 3 is 2.27 bits per heavy atom. The third-order valence-corrected chi connectivity index (χ3v) is 5.50. The van der Waals surface area contributed by atoms with E-state index in [0.717, 1.165) is 19.6 Å². The van der Waals surface area contributed by atoms with Gasteiger partial charge < -0.3 is 10.2 Å². The van der Waals surface area contributed by atoms with E-state index < -0.39 is 0 Å². The zero-order valence-electron chi connectivity index (χ0n) is 16.5. The molecule has 2 nitrogen and oxygen atoms in total. The summed E-state index contributed by atoms with van der Waals surface area (Å²) in [5.41, 5.74) is 1.40. The average molecular weight is 349 g/mol. The van der Waals surface area contributed by atoms with Crippen molar-refractivity contribution in [3.05, 3.63) is 60.2 Å². The van der Waals surface area contributed by atoms with Crippen molar-refractivity contribution in [1.82, 2.24) is 10.2 Å². The Morgan fingerprint density at radius 2 is 1.54 bits per heavy atom. The van der Waals surface area contributed by atoms with Crippen LogP contribution in [0, 0.1) is 0 Å². The lowest BCUT2D eigenvalue weighted by atomic mass is 9.97. The van der Waals surface area contributed by atoms with Gasteiger partial charge in [0, 0.05) is 12.6 Å². The van der Waals surface area contributed by atoms with E-state index in [4.69, 9.17) is 0 Å². The van der Waals surface area contributed by atoms with E-state index in [-0.39, 0.29) is 0 Å². The van der Waals surface area contributed by atoms with Crippen LogP contribution in [-0.2, 0) is 6.54 Å². The van der Waals surface area contributed by atoms with Crippen molar-refractivity contribution < 1.29 is 0 Å². The number of benzene rings is 3. The minimum Gasteiger partial charge on any atom is -0.310 e. The lowest BCUT2D eigenvalue weighted by molar-refractivity contribution is 0.290. The average Bonchev–Trinajstić information content (AvgIpc) is 2.69. The largest absolute Gasteiger partial charge is 0.310 e. The summed E-state index contributed by atoms with van der Waals surface area (Å²) in [5.74, 6) is 0. The zero-order chi connectivity index (χ0) is 18.4. The summed E-state index contributed by atoms with van der Waals surface area (Å²) in [6.45, 7) is 11.2. The molecule has 26 heavy (non-hydrogen) atoms. The Balaban J connectivity index is 1.68. The monoisotopic (exact) mass is 348 g/mol. The molecule has 0 aromatic heterocycles. The molecule has 0 aliphatic carbocycles. The molecular formula is C24H32N2. The van der Waals surface area contributed by atoms with E-state index in [0.29, 0.717) is 6.04 Å². The molecule has 138 valence electrons. The molecule has 0 amide bonds. The minimum absolute atomic E-state index is 0.538. The Bertz CT molecular complexity index is 836. The Morgan fingerprint density at radius 1 is 0.885 bits per heavy atom. The van der Waals surface area contributed by atoms with Crippen LogP contribution >= 0.6 is 0 Å². The first kappa shape index (κ1) is 18.9. The van der Waals surface area contributed by atoms with Gasteiger partial charge in [0.05, 0.1) is 0 Å². The third kappa shape index (κ3) is 4.44. The van der Waals surface area contributed by atoms with E-state index in [1.165, 1.54) is 46.5 Å². The molecule has 2 heteroatoms. The van der Waals surface area contributed by atoms with Gasteiger partial charge in [-0.25, -0.2) is 0 Å². The molecule has 3 aromatic carbocycles. The number of hydrogen-bond acceptors (Lipinski definition) is 2. The molecule has 3 rings (SSSR count). The number of fused-ring (bicyclic) bond motifs is 3. The Kier molecular flexibility index (Phi) is 6.65. The maximum Gasteiger partial charge on any atom is 0.0214 e. The lowest BCUT2D eigenvalue weighted by Crippen LogP contribution is -2.28. The summed E-state index contributed by atoms with van der Waals surface area (Å²) >= 11 is 0. The fraction of sp³-hybridized carbons (Fsp3) is 0.417. The smallest absolute Gasteiger partial charge is 0.0214 e. The topological polar surface area (TPSA) is 15.3 Å². The predicted octanol–water partition coefficient (Wildman–Crippen LogP) is 5.59. The summed E-state index contributed by atoms with van der Waals surface area (Å²) < 4.78 is 0. The summed E-state index contributed by atoms with van der Waals surface area (Å²) in [4.78, 5) is 2.50. The van der Waals surface area contributed by atoms with Crippen LogP contribution in [-0.4, -0.2) is 30.6 Å². The van der Waals surface area contributed by atoms with Gasteiger partial charge in [0.15, 0.2) is 0 Å². The second-order valence-electron chi connectivity index (χ2n) is 7.25. The van der Waals surface area contributed by atoms with Gasteiger partial charge in [-0.2, -0.15) is 0 Å². The van der Waals surface area contributed by atoms with Crippen molar-refractivity contribution in [3.63, 3.8) is 0 Å². The molecule has 3 aromatic rings. The molecule has 0 radical (unpaired) electrons. The molecule has 0 fully saturated rings. The molecule has 0 spiro atoms. The lowest BCUT2D eigenvalue weighted by Gasteiger charge is -2.20. The van der Waals surface area contributed by atoms with Crippen molar-refractivity contribution in [2.45, 2.75) is 46.2 Å². The van der Waals surface area contributed by atoms with E-state index in [1.54, 1.807) is 0 Å². The molecule has 0 saturated carbocycles. The van der Waals surface area contributed by atoms with E-state index in [9.17, 15) is 0 Å². The highest BCUT2D eigenvalue weighted by atomic mass is 15.1. The van der Waals surface area contributed by atoms with Gasteiger partial charge in [0.2, 0.25) is 0 Å². The first-order chi connectivity index (χ1) is 12.7. The minimum atomic E-state index is 0.538. The number of rotatable bonds is 9. The van der Waals surface area contributed by atoms with Crippen LogP contribution in [0.15, 0.2) is 54.6 Å². The normalized spacial score (nSPS) is 12.9. The van der Waals surface area contributed by atoms with Crippen molar-refractivity contribution in [3.8, 4) is 0 Å². The maximum atomic E-state index is 3.75. The van der Waals surface area contributed by atoms with E-state index in [2.05, 4.69) is 85.6 Å². The standard InChI is InChI=1S/C24H32N2/c1-4-26(5-2)16-10-11-19(3)25-18-21-17-20-12-6-7-13-22(20)24-15-9-8-14-23(21)24/h6-9,12-15,17,19,25H,4-5,10-11,16,18H2,1-3H3. The molecule has 0 bridgehead atoms. The van der Waals surface area contributed by atoms with Crippen molar-refractivity contribution >= 4 is 21.5 Å². The molecule has 0 aliphatic heterocycles. The van der Waals surface area contributed by atoms with Crippen LogP contribution < -0.4 is 5.32 Å². The molecule has 0 heterocycles. The van der Waals surface area contributed by atoms with Gasteiger partial charge in [0.25, 0.3) is 0 Å². The molecule has 0 aliphatic rings. The summed E-state index contributed by atoms with van der Waals surface area (Å²) in [6, 6.07) is 20.4. The summed E-state index contributed by atoms with van der Waals surface area (Å²) in [5, 5.41) is 9.15. The van der Waals surface area contributed by atoms with Gasteiger partial charge in [-0.05, 0) is 72.6 Å². The van der Waals surface area contributed by atoms with Crippen molar-refractivity contribution in [2.75, 3.05) is 19.6 Å². The predicted molar refractivity (Wildman–Crippen MR) is 115 cm³/mol. The van der Waals surface area contributed by atoms with E-state index in [1.807, 2.05) is 0 Å². The number of hydrogen-bond donors (Lipinski definition) is 1.